The van der Waals surface area contributed by atoms with Crippen molar-refractivity contribution in [1.82, 2.24) is 4.90 Å². The molecule has 144 valence electrons. The lowest BCUT2D eigenvalue weighted by Gasteiger charge is -2.35. The van der Waals surface area contributed by atoms with Crippen molar-refractivity contribution in [2.45, 2.75) is 45.6 Å². The second-order valence-electron chi connectivity index (χ2n) is 6.47. The number of carboxylic acids is 1. The minimum Gasteiger partial charge on any atom is -0.481 e. The van der Waals surface area contributed by atoms with Gasteiger partial charge in [-0.05, 0) is 49.4 Å². The third-order valence-electron chi connectivity index (χ3n) is 4.69. The maximum atomic E-state index is 11.6. The summed E-state index contributed by atoms with van der Waals surface area (Å²) < 4.78 is 0. The van der Waals surface area contributed by atoms with Crippen molar-refractivity contribution < 1.29 is 9.90 Å². The Bertz CT molecular complexity index is 542. The first-order chi connectivity index (χ1) is 11.0. The lowest BCUT2D eigenvalue weighted by Crippen LogP contribution is -2.40. The fourth-order valence-electron chi connectivity index (χ4n) is 3.44. The SMILES string of the molecule is CCCCC(C(=O)O)[C@@H]1CCCN(Cc2ccc(Cl)c(Cl)c2)C1.Cl.Cl. The molecule has 0 aliphatic carbocycles. The topological polar surface area (TPSA) is 40.5 Å². The summed E-state index contributed by atoms with van der Waals surface area (Å²) in [7, 11) is 0. The van der Waals surface area contributed by atoms with Gasteiger partial charge in [-0.2, -0.15) is 0 Å². The predicted octanol–water partition coefficient (Wildman–Crippen LogP) is 5.94. The highest BCUT2D eigenvalue weighted by Crippen LogP contribution is 2.30. The number of hydrogen-bond acceptors (Lipinski definition) is 2. The Labute approximate surface area is 172 Å². The van der Waals surface area contributed by atoms with Gasteiger partial charge >= 0.3 is 5.97 Å². The fraction of sp³-hybridized carbons (Fsp3) is 0.611. The van der Waals surface area contributed by atoms with Crippen LogP contribution in [0.5, 0.6) is 0 Å². The number of halogens is 4. The maximum Gasteiger partial charge on any atom is 0.306 e. The van der Waals surface area contributed by atoms with Crippen molar-refractivity contribution in [2.75, 3.05) is 13.1 Å². The Morgan fingerprint density at radius 3 is 2.64 bits per heavy atom. The van der Waals surface area contributed by atoms with E-state index in [-0.39, 0.29) is 36.6 Å². The molecule has 1 unspecified atom stereocenters. The summed E-state index contributed by atoms with van der Waals surface area (Å²) in [4.78, 5) is 13.9. The Kier molecular flexibility index (Phi) is 12.1. The zero-order chi connectivity index (χ0) is 16.8. The highest BCUT2D eigenvalue weighted by molar-refractivity contribution is 6.42. The zero-order valence-corrected chi connectivity index (χ0v) is 17.6. The van der Waals surface area contributed by atoms with E-state index >= 15 is 0 Å². The number of carboxylic acid groups (broad SMARTS) is 1. The van der Waals surface area contributed by atoms with Gasteiger partial charge in [0.1, 0.15) is 0 Å². The summed E-state index contributed by atoms with van der Waals surface area (Å²) >= 11 is 12.0. The number of hydrogen-bond donors (Lipinski definition) is 1. The first-order valence-electron chi connectivity index (χ1n) is 8.40. The number of unbranched alkanes of at least 4 members (excludes halogenated alkanes) is 1. The molecular formula is C18H27Cl4NO2. The molecule has 1 aromatic carbocycles. The minimum atomic E-state index is -0.639. The van der Waals surface area contributed by atoms with Crippen molar-refractivity contribution >= 4 is 54.0 Å². The van der Waals surface area contributed by atoms with Gasteiger partial charge in [-0.15, -0.1) is 24.8 Å². The number of piperidine rings is 1. The quantitative estimate of drug-likeness (QED) is 0.581. The Morgan fingerprint density at radius 2 is 2.04 bits per heavy atom. The molecule has 7 heteroatoms. The van der Waals surface area contributed by atoms with E-state index in [2.05, 4.69) is 11.8 Å². The number of carbonyl (C=O) groups is 1. The number of benzene rings is 1. The van der Waals surface area contributed by atoms with Crippen molar-refractivity contribution in [1.29, 1.82) is 0 Å². The van der Waals surface area contributed by atoms with E-state index in [9.17, 15) is 9.90 Å². The monoisotopic (exact) mass is 429 g/mol. The van der Waals surface area contributed by atoms with Crippen molar-refractivity contribution in [3.63, 3.8) is 0 Å². The Hall–Kier alpha value is -0.190. The number of rotatable bonds is 7. The average molecular weight is 431 g/mol. The van der Waals surface area contributed by atoms with Crippen molar-refractivity contribution in [2.24, 2.45) is 11.8 Å². The normalized spacial score (nSPS) is 18.8. The lowest BCUT2D eigenvalue weighted by atomic mass is 9.82. The van der Waals surface area contributed by atoms with E-state index in [0.717, 1.165) is 57.3 Å². The molecule has 1 fully saturated rings. The van der Waals surface area contributed by atoms with Gasteiger partial charge in [0, 0.05) is 13.1 Å². The number of nitrogens with zero attached hydrogens (tertiary/aromatic N) is 1. The summed E-state index contributed by atoms with van der Waals surface area (Å²) in [6.07, 6.45) is 4.89. The first-order valence-corrected chi connectivity index (χ1v) is 9.16. The van der Waals surface area contributed by atoms with Crippen LogP contribution in [0.15, 0.2) is 18.2 Å². The molecule has 2 atom stereocenters. The largest absolute Gasteiger partial charge is 0.481 e. The third-order valence-corrected chi connectivity index (χ3v) is 5.43. The third kappa shape index (κ3) is 7.52. The molecule has 0 radical (unpaired) electrons. The van der Waals surface area contributed by atoms with Crippen LogP contribution in [0.25, 0.3) is 0 Å². The smallest absolute Gasteiger partial charge is 0.306 e. The van der Waals surface area contributed by atoms with Gasteiger partial charge in [0.25, 0.3) is 0 Å². The molecule has 1 heterocycles. The van der Waals surface area contributed by atoms with E-state index in [1.807, 2.05) is 18.2 Å². The van der Waals surface area contributed by atoms with Gasteiger partial charge in [0.2, 0.25) is 0 Å². The molecule has 1 N–H and O–H groups in total. The molecule has 1 saturated heterocycles. The molecule has 0 amide bonds. The van der Waals surface area contributed by atoms with Gasteiger partial charge in [0.15, 0.2) is 0 Å². The van der Waals surface area contributed by atoms with Crippen LogP contribution in [0.3, 0.4) is 0 Å². The summed E-state index contributed by atoms with van der Waals surface area (Å²) in [5.41, 5.74) is 1.13. The van der Waals surface area contributed by atoms with Gasteiger partial charge in [0.05, 0.1) is 16.0 Å². The fourth-order valence-corrected chi connectivity index (χ4v) is 3.77. The number of likely N-dealkylation sites (tertiary alicyclic amines) is 1. The highest BCUT2D eigenvalue weighted by atomic mass is 35.5. The highest BCUT2D eigenvalue weighted by Gasteiger charge is 2.31. The van der Waals surface area contributed by atoms with E-state index in [1.54, 1.807) is 0 Å². The van der Waals surface area contributed by atoms with Gasteiger partial charge in [-0.1, -0.05) is 49.0 Å². The van der Waals surface area contributed by atoms with Crippen LogP contribution in [0, 0.1) is 11.8 Å². The molecule has 3 nitrogen and oxygen atoms in total. The summed E-state index contributed by atoms with van der Waals surface area (Å²) in [5.74, 6) is -0.609. The molecule has 0 saturated carbocycles. The van der Waals surface area contributed by atoms with Crippen molar-refractivity contribution in [3.8, 4) is 0 Å². The summed E-state index contributed by atoms with van der Waals surface area (Å²) in [5, 5.41) is 10.7. The molecular weight excluding hydrogens is 404 g/mol. The molecule has 1 aliphatic rings. The van der Waals surface area contributed by atoms with E-state index < -0.39 is 5.97 Å². The number of aliphatic carboxylic acids is 1. The maximum absolute atomic E-state index is 11.6. The van der Waals surface area contributed by atoms with Gasteiger partial charge < -0.3 is 5.11 Å². The molecule has 1 aromatic rings. The molecule has 0 bridgehead atoms. The van der Waals surface area contributed by atoms with Crippen molar-refractivity contribution in [3.05, 3.63) is 33.8 Å². The van der Waals surface area contributed by atoms with Crippen LogP contribution in [0.4, 0.5) is 0 Å². The summed E-state index contributed by atoms with van der Waals surface area (Å²) in [6.45, 7) is 4.77. The van der Waals surface area contributed by atoms with Gasteiger partial charge in [-0.3, -0.25) is 9.69 Å². The second-order valence-corrected chi connectivity index (χ2v) is 7.29. The standard InChI is InChI=1S/C18H25Cl2NO2.2ClH/c1-2-3-6-15(18(22)23)14-5-4-9-21(12-14)11-13-7-8-16(19)17(20)10-13;;/h7-8,10,14-15H,2-6,9,11-12H2,1H3,(H,22,23);2*1H/t14-,15?;;/m1../s1. The van der Waals surface area contributed by atoms with Crippen LogP contribution >= 0.6 is 48.0 Å². The second kappa shape index (κ2) is 12.2. The first kappa shape index (κ1) is 24.8. The molecule has 1 aliphatic heterocycles. The van der Waals surface area contributed by atoms with Crippen LogP contribution in [-0.2, 0) is 11.3 Å². The molecule has 2 rings (SSSR count). The van der Waals surface area contributed by atoms with E-state index in [1.165, 1.54) is 0 Å². The van der Waals surface area contributed by atoms with Gasteiger partial charge in [-0.25, -0.2) is 0 Å². The van der Waals surface area contributed by atoms with Crippen LogP contribution in [0.1, 0.15) is 44.6 Å². The van der Waals surface area contributed by atoms with E-state index in [4.69, 9.17) is 23.2 Å². The van der Waals surface area contributed by atoms with Crippen LogP contribution < -0.4 is 0 Å². The molecule has 0 spiro atoms. The lowest BCUT2D eigenvalue weighted by molar-refractivity contribution is -0.144. The minimum absolute atomic E-state index is 0. The Balaban J connectivity index is 0.00000288. The van der Waals surface area contributed by atoms with Crippen LogP contribution in [0.2, 0.25) is 10.0 Å². The molecule has 0 aromatic heterocycles. The van der Waals surface area contributed by atoms with Crippen LogP contribution in [-0.4, -0.2) is 29.1 Å². The predicted molar refractivity (Wildman–Crippen MR) is 110 cm³/mol. The average Bonchev–Trinajstić information content (AvgIpc) is 2.51. The van der Waals surface area contributed by atoms with E-state index in [0.29, 0.717) is 10.0 Å². The Morgan fingerprint density at radius 1 is 1.32 bits per heavy atom. The zero-order valence-electron chi connectivity index (χ0n) is 14.4. The summed E-state index contributed by atoms with van der Waals surface area (Å²) in [6, 6.07) is 5.71. The molecule has 25 heavy (non-hydrogen) atoms.